The molecule has 1 heterocycles. The van der Waals surface area contributed by atoms with E-state index in [2.05, 4.69) is 12.3 Å². The second-order valence-corrected chi connectivity index (χ2v) is 3.80. The van der Waals surface area contributed by atoms with Gasteiger partial charge in [-0.2, -0.15) is 0 Å². The zero-order valence-electron chi connectivity index (χ0n) is 6.71. The van der Waals surface area contributed by atoms with Crippen LogP contribution in [0.2, 0.25) is 6.04 Å². The van der Waals surface area contributed by atoms with E-state index in [0.717, 1.165) is 12.7 Å². The molecule has 4 heteroatoms. The summed E-state index contributed by atoms with van der Waals surface area (Å²) in [6.07, 6.45) is 3.80. The van der Waals surface area contributed by atoms with Crippen molar-refractivity contribution in [1.82, 2.24) is 0 Å². The van der Waals surface area contributed by atoms with Gasteiger partial charge in [0.2, 0.25) is 5.91 Å². The molecule has 0 saturated carbocycles. The first-order chi connectivity index (χ1) is 5.27. The van der Waals surface area contributed by atoms with Crippen molar-refractivity contribution < 1.29 is 9.22 Å². The summed E-state index contributed by atoms with van der Waals surface area (Å²) in [6.45, 7) is 4.15. The minimum atomic E-state index is -0.481. The Morgan fingerprint density at radius 3 is 2.36 bits per heavy atom. The van der Waals surface area contributed by atoms with Crippen LogP contribution in [0.5, 0.6) is 0 Å². The Balaban J connectivity index is 0.000000187. The van der Waals surface area contributed by atoms with Crippen LogP contribution in [-0.4, -0.2) is 22.3 Å². The van der Waals surface area contributed by atoms with Crippen LogP contribution >= 0.6 is 0 Å². The minimum absolute atomic E-state index is 0.00849. The predicted molar refractivity (Wildman–Crippen MR) is 47.9 cm³/mol. The molecule has 1 amide bonds. The summed E-state index contributed by atoms with van der Waals surface area (Å²) in [5.41, 5.74) is 4.53. The molecule has 0 spiro atoms. The monoisotopic (exact) mass is 173 g/mol. The molecule has 1 aliphatic rings. The number of rotatable bonds is 1. The summed E-state index contributed by atoms with van der Waals surface area (Å²) < 4.78 is 5.21. The molecule has 0 aromatic rings. The van der Waals surface area contributed by atoms with E-state index >= 15 is 0 Å². The van der Waals surface area contributed by atoms with Gasteiger partial charge < -0.3 is 10.2 Å². The number of hydrogen-bond donors (Lipinski definition) is 1. The molecule has 0 unspecified atom stereocenters. The highest BCUT2D eigenvalue weighted by Gasteiger charge is 1.96. The fourth-order valence-electron chi connectivity index (χ4n) is 0.687. The van der Waals surface area contributed by atoms with Gasteiger partial charge in [0, 0.05) is 6.61 Å². The van der Waals surface area contributed by atoms with Crippen LogP contribution in [0.4, 0.5) is 0 Å². The second kappa shape index (κ2) is 7.49. The fourth-order valence-corrected chi connectivity index (χ4v) is 1.86. The van der Waals surface area contributed by atoms with Crippen LogP contribution in [0, 0.1) is 0 Å². The van der Waals surface area contributed by atoms with Crippen molar-refractivity contribution >= 4 is 15.7 Å². The topological polar surface area (TPSA) is 52.3 Å². The highest BCUT2D eigenvalue weighted by atomic mass is 28.2. The van der Waals surface area contributed by atoms with E-state index in [1.165, 1.54) is 18.9 Å². The molecule has 0 aromatic heterocycles. The third-order valence-electron chi connectivity index (χ3n) is 1.28. The lowest BCUT2D eigenvalue weighted by molar-refractivity contribution is -0.113. The molecule has 1 aliphatic heterocycles. The molecule has 11 heavy (non-hydrogen) atoms. The minimum Gasteiger partial charge on any atom is -0.424 e. The molecule has 0 aromatic carbocycles. The molecule has 1 saturated heterocycles. The third-order valence-corrected chi connectivity index (χ3v) is 2.64. The van der Waals surface area contributed by atoms with E-state index < -0.39 is 5.91 Å². The second-order valence-electron chi connectivity index (χ2n) is 2.28. The number of hydrogen-bond acceptors (Lipinski definition) is 2. The number of nitrogens with two attached hydrogens (primary N) is 1. The Kier molecular flexibility index (Phi) is 7.08. The van der Waals surface area contributed by atoms with Gasteiger partial charge in [0.25, 0.3) is 0 Å². The van der Waals surface area contributed by atoms with Gasteiger partial charge in [-0.1, -0.05) is 13.0 Å². The molecule has 64 valence electrons. The van der Waals surface area contributed by atoms with E-state index in [-0.39, 0.29) is 9.76 Å². The highest BCUT2D eigenvalue weighted by molar-refractivity contribution is 6.27. The third kappa shape index (κ3) is 9.39. The summed E-state index contributed by atoms with van der Waals surface area (Å²) in [4.78, 5) is 9.47. The standard InChI is InChI=1S/C4H10OSi.C3H5NO/c1-2-4-6-5-3-1;1-2-3(4)5/h1-4,6H2;2H,1H2,(H2,4,5). The van der Waals surface area contributed by atoms with Gasteiger partial charge in [-0.05, 0) is 18.5 Å². The molecule has 1 fully saturated rings. The van der Waals surface area contributed by atoms with E-state index in [9.17, 15) is 4.79 Å². The lowest BCUT2D eigenvalue weighted by Crippen LogP contribution is -2.06. The predicted octanol–water partition coefficient (Wildman–Crippen LogP) is -0.0434. The van der Waals surface area contributed by atoms with Crippen molar-refractivity contribution in [2.45, 2.75) is 18.9 Å². The summed E-state index contributed by atoms with van der Waals surface area (Å²) >= 11 is 0. The van der Waals surface area contributed by atoms with Crippen LogP contribution in [0.15, 0.2) is 12.7 Å². The summed E-state index contributed by atoms with van der Waals surface area (Å²) in [5, 5.41) is 0. The van der Waals surface area contributed by atoms with Crippen LogP contribution in [0.1, 0.15) is 12.8 Å². The normalized spacial score (nSPS) is 18.2. The first kappa shape index (κ1) is 10.4. The van der Waals surface area contributed by atoms with Crippen molar-refractivity contribution in [3.8, 4) is 0 Å². The first-order valence-corrected chi connectivity index (χ1v) is 5.34. The maximum Gasteiger partial charge on any atom is 0.240 e. The summed E-state index contributed by atoms with van der Waals surface area (Å²) in [7, 11) is 0.00849. The van der Waals surface area contributed by atoms with E-state index in [4.69, 9.17) is 4.43 Å². The van der Waals surface area contributed by atoms with Gasteiger partial charge in [-0.3, -0.25) is 4.79 Å². The smallest absolute Gasteiger partial charge is 0.240 e. The SMILES string of the molecule is C1CC[SiH2]OC1.C=CC(N)=O. The van der Waals surface area contributed by atoms with Crippen molar-refractivity contribution in [1.29, 1.82) is 0 Å². The zero-order chi connectivity index (χ0) is 8.53. The van der Waals surface area contributed by atoms with Gasteiger partial charge >= 0.3 is 0 Å². The van der Waals surface area contributed by atoms with E-state index in [1.807, 2.05) is 0 Å². The fraction of sp³-hybridized carbons (Fsp3) is 0.571. The van der Waals surface area contributed by atoms with Crippen LogP contribution in [0.25, 0.3) is 0 Å². The maximum absolute atomic E-state index is 9.47. The lowest BCUT2D eigenvalue weighted by atomic mass is 10.4. The zero-order valence-corrected chi connectivity index (χ0v) is 8.13. The van der Waals surface area contributed by atoms with Gasteiger partial charge in [0.15, 0.2) is 9.76 Å². The van der Waals surface area contributed by atoms with Crippen molar-refractivity contribution in [2.24, 2.45) is 5.73 Å². The molecule has 1 rings (SSSR count). The van der Waals surface area contributed by atoms with Crippen LogP contribution in [-0.2, 0) is 9.22 Å². The Morgan fingerprint density at radius 2 is 2.27 bits per heavy atom. The van der Waals surface area contributed by atoms with Gasteiger partial charge in [-0.25, -0.2) is 0 Å². The van der Waals surface area contributed by atoms with Crippen LogP contribution < -0.4 is 5.73 Å². The van der Waals surface area contributed by atoms with Gasteiger partial charge in [-0.15, -0.1) is 0 Å². The first-order valence-electron chi connectivity index (χ1n) is 3.77. The van der Waals surface area contributed by atoms with E-state index in [0.29, 0.717) is 0 Å². The quantitative estimate of drug-likeness (QED) is 0.447. The Labute approximate surface area is 69.6 Å². The Bertz CT molecular complexity index is 112. The van der Waals surface area contributed by atoms with Crippen molar-refractivity contribution in [2.75, 3.05) is 6.61 Å². The Morgan fingerprint density at radius 1 is 1.64 bits per heavy atom. The van der Waals surface area contributed by atoms with E-state index in [1.54, 1.807) is 0 Å². The lowest BCUT2D eigenvalue weighted by Gasteiger charge is -2.07. The number of carbonyl (C=O) groups excluding carboxylic acids is 1. The molecule has 3 nitrogen and oxygen atoms in total. The van der Waals surface area contributed by atoms with Crippen LogP contribution in [0.3, 0.4) is 0 Å². The number of carbonyl (C=O) groups is 1. The number of primary amides is 1. The van der Waals surface area contributed by atoms with Gasteiger partial charge in [0.05, 0.1) is 0 Å². The number of amides is 1. The average molecular weight is 173 g/mol. The molecule has 2 N–H and O–H groups in total. The van der Waals surface area contributed by atoms with Gasteiger partial charge in [0.1, 0.15) is 0 Å². The largest absolute Gasteiger partial charge is 0.424 e. The maximum atomic E-state index is 9.47. The molecule has 0 bridgehead atoms. The molecule has 0 aliphatic carbocycles. The van der Waals surface area contributed by atoms with Crippen molar-refractivity contribution in [3.63, 3.8) is 0 Å². The average Bonchev–Trinajstić information content (AvgIpc) is 2.09. The molecular weight excluding hydrogens is 158 g/mol. The molecule has 0 radical (unpaired) electrons. The van der Waals surface area contributed by atoms with Crippen molar-refractivity contribution in [3.05, 3.63) is 12.7 Å². The summed E-state index contributed by atoms with van der Waals surface area (Å²) in [6, 6.07) is 1.42. The Hall–Kier alpha value is -0.613. The summed E-state index contributed by atoms with van der Waals surface area (Å²) in [5.74, 6) is -0.481. The molecule has 0 atom stereocenters. The highest BCUT2D eigenvalue weighted by Crippen LogP contribution is 2.01. The molecular formula is C7H15NO2Si.